The van der Waals surface area contributed by atoms with Gasteiger partial charge >= 0.3 is 0 Å². The highest BCUT2D eigenvalue weighted by Crippen LogP contribution is 2.35. The smallest absolute Gasteiger partial charge is 0.150 e. The Morgan fingerprint density at radius 2 is 1.92 bits per heavy atom. The van der Waals surface area contributed by atoms with E-state index in [-0.39, 0.29) is 11.5 Å². The van der Waals surface area contributed by atoms with Crippen molar-refractivity contribution in [2.24, 2.45) is 5.92 Å². The zero-order valence-corrected chi connectivity index (χ0v) is 21.1. The van der Waals surface area contributed by atoms with Crippen LogP contribution in [0.1, 0.15) is 18.7 Å². The highest BCUT2D eigenvalue weighted by atomic mass is 35.5. The standard InChI is InChI=1S/C25H23ClN6O3S/c1-15-29-19-3-2-18(10-21(19)30-15)35-23-5-4-20-25(24(23)26)31-22(12-27-20)17-11-28-32(14-17)13-16-6-8-36(33,34)9-7-16/h2-5,10-12,14,16H,6-9,13H2,1H3,(H,29,30). The third kappa shape index (κ3) is 4.54. The lowest BCUT2D eigenvalue weighted by molar-refractivity contribution is 0.384. The Labute approximate surface area is 212 Å². The number of aryl methyl sites for hydroxylation is 1. The Morgan fingerprint density at radius 1 is 1.11 bits per heavy atom. The molecular weight excluding hydrogens is 500 g/mol. The van der Waals surface area contributed by atoms with Gasteiger partial charge in [0, 0.05) is 24.4 Å². The molecule has 0 aliphatic carbocycles. The fraction of sp³-hybridized carbons (Fsp3) is 0.280. The van der Waals surface area contributed by atoms with E-state index in [1.807, 2.05) is 42.1 Å². The number of ether oxygens (including phenoxy) is 1. The topological polar surface area (TPSA) is 116 Å². The summed E-state index contributed by atoms with van der Waals surface area (Å²) in [6.07, 6.45) is 6.68. The zero-order chi connectivity index (χ0) is 24.9. The first kappa shape index (κ1) is 22.9. The molecule has 1 aliphatic rings. The van der Waals surface area contributed by atoms with E-state index in [4.69, 9.17) is 21.3 Å². The minimum Gasteiger partial charge on any atom is -0.456 e. The van der Waals surface area contributed by atoms with Gasteiger partial charge in [-0.1, -0.05) is 11.6 Å². The van der Waals surface area contributed by atoms with E-state index < -0.39 is 9.84 Å². The van der Waals surface area contributed by atoms with Gasteiger partial charge in [0.1, 0.15) is 37.7 Å². The van der Waals surface area contributed by atoms with Crippen LogP contribution in [0, 0.1) is 12.8 Å². The maximum Gasteiger partial charge on any atom is 0.150 e. The molecule has 5 aromatic rings. The minimum atomic E-state index is -2.88. The van der Waals surface area contributed by atoms with Gasteiger partial charge in [-0.2, -0.15) is 5.10 Å². The van der Waals surface area contributed by atoms with Gasteiger partial charge in [-0.05, 0) is 49.9 Å². The summed E-state index contributed by atoms with van der Waals surface area (Å²) in [5.41, 5.74) is 4.41. The van der Waals surface area contributed by atoms with E-state index in [1.165, 1.54) is 0 Å². The molecule has 0 radical (unpaired) electrons. The van der Waals surface area contributed by atoms with Gasteiger partial charge in [-0.15, -0.1) is 0 Å². The van der Waals surface area contributed by atoms with Crippen LogP contribution >= 0.6 is 11.6 Å². The van der Waals surface area contributed by atoms with Crippen molar-refractivity contribution in [1.29, 1.82) is 0 Å². The number of sulfone groups is 1. The third-order valence-electron chi connectivity index (χ3n) is 6.47. The van der Waals surface area contributed by atoms with Crippen LogP contribution in [0.5, 0.6) is 11.5 Å². The molecule has 0 unspecified atom stereocenters. The number of imidazole rings is 1. The SMILES string of the molecule is Cc1nc2ccc(Oc3ccc4ncc(-c5cnn(CC6CCS(=O)(=O)CC6)c5)nc4c3Cl)cc2[nH]1. The summed E-state index contributed by atoms with van der Waals surface area (Å²) < 4.78 is 31.3. The predicted octanol–water partition coefficient (Wildman–Crippen LogP) is 4.95. The predicted molar refractivity (Wildman–Crippen MR) is 138 cm³/mol. The molecule has 184 valence electrons. The molecular formula is C25H23ClN6O3S. The largest absolute Gasteiger partial charge is 0.456 e. The first-order valence-electron chi connectivity index (χ1n) is 11.7. The monoisotopic (exact) mass is 522 g/mol. The van der Waals surface area contributed by atoms with Crippen LogP contribution in [-0.2, 0) is 16.4 Å². The van der Waals surface area contributed by atoms with Crippen LogP contribution in [-0.4, -0.2) is 49.6 Å². The van der Waals surface area contributed by atoms with Gasteiger partial charge < -0.3 is 9.72 Å². The second-order valence-corrected chi connectivity index (χ2v) is 11.8. The lowest BCUT2D eigenvalue weighted by atomic mass is 10.0. The summed E-state index contributed by atoms with van der Waals surface area (Å²) in [6, 6.07) is 9.23. The highest BCUT2D eigenvalue weighted by molar-refractivity contribution is 7.91. The maximum atomic E-state index is 11.7. The summed E-state index contributed by atoms with van der Waals surface area (Å²) >= 11 is 6.71. The second kappa shape index (κ2) is 8.86. The number of benzene rings is 2. The lowest BCUT2D eigenvalue weighted by Gasteiger charge is -2.21. The summed E-state index contributed by atoms with van der Waals surface area (Å²) in [5.74, 6) is 2.75. The Hall–Kier alpha value is -3.50. The van der Waals surface area contributed by atoms with Crippen molar-refractivity contribution < 1.29 is 13.2 Å². The molecule has 36 heavy (non-hydrogen) atoms. The number of aromatic amines is 1. The van der Waals surface area contributed by atoms with Crippen molar-refractivity contribution in [3.05, 3.63) is 59.8 Å². The first-order valence-corrected chi connectivity index (χ1v) is 13.9. The van der Waals surface area contributed by atoms with E-state index in [0.717, 1.165) is 22.4 Å². The quantitative estimate of drug-likeness (QED) is 0.347. The molecule has 1 saturated heterocycles. The van der Waals surface area contributed by atoms with Crippen LogP contribution in [0.25, 0.3) is 33.3 Å². The van der Waals surface area contributed by atoms with Gasteiger partial charge in [0.05, 0.1) is 46.1 Å². The maximum absolute atomic E-state index is 11.7. The molecule has 0 amide bonds. The number of rotatable bonds is 5. The normalized spacial score (nSPS) is 16.1. The molecule has 6 rings (SSSR count). The van der Waals surface area contributed by atoms with Crippen molar-refractivity contribution >= 4 is 43.5 Å². The lowest BCUT2D eigenvalue weighted by Crippen LogP contribution is -2.26. The number of hydrogen-bond donors (Lipinski definition) is 1. The van der Waals surface area contributed by atoms with E-state index in [9.17, 15) is 8.42 Å². The van der Waals surface area contributed by atoms with E-state index >= 15 is 0 Å². The number of hydrogen-bond acceptors (Lipinski definition) is 7. The summed E-state index contributed by atoms with van der Waals surface area (Å²) in [4.78, 5) is 16.9. The average Bonchev–Trinajstić information content (AvgIpc) is 3.47. The van der Waals surface area contributed by atoms with E-state index in [1.54, 1.807) is 18.5 Å². The number of nitrogens with zero attached hydrogens (tertiary/aromatic N) is 5. The first-order chi connectivity index (χ1) is 17.3. The number of H-pyrrole nitrogens is 1. The fourth-order valence-corrected chi connectivity index (χ4v) is 6.36. The molecule has 1 aliphatic heterocycles. The van der Waals surface area contributed by atoms with Crippen molar-refractivity contribution in [3.8, 4) is 22.8 Å². The van der Waals surface area contributed by atoms with Crippen molar-refractivity contribution in [1.82, 2.24) is 29.7 Å². The van der Waals surface area contributed by atoms with Crippen LogP contribution in [0.2, 0.25) is 5.02 Å². The van der Waals surface area contributed by atoms with Gasteiger partial charge in [-0.25, -0.2) is 18.4 Å². The van der Waals surface area contributed by atoms with Crippen LogP contribution in [0.15, 0.2) is 48.9 Å². The van der Waals surface area contributed by atoms with E-state index in [2.05, 4.69) is 20.1 Å². The molecule has 0 saturated carbocycles. The molecule has 0 bridgehead atoms. The highest BCUT2D eigenvalue weighted by Gasteiger charge is 2.24. The fourth-order valence-electron chi connectivity index (χ4n) is 4.53. The molecule has 2 aromatic carbocycles. The van der Waals surface area contributed by atoms with Crippen molar-refractivity contribution in [3.63, 3.8) is 0 Å². The summed E-state index contributed by atoms with van der Waals surface area (Å²) in [5, 5.41) is 4.83. The molecule has 4 heterocycles. The van der Waals surface area contributed by atoms with Gasteiger partial charge in [-0.3, -0.25) is 9.67 Å². The van der Waals surface area contributed by atoms with Crippen LogP contribution < -0.4 is 4.74 Å². The number of halogens is 1. The van der Waals surface area contributed by atoms with Crippen molar-refractivity contribution in [2.45, 2.75) is 26.3 Å². The second-order valence-electron chi connectivity index (χ2n) is 9.15. The Morgan fingerprint density at radius 3 is 2.75 bits per heavy atom. The molecule has 1 fully saturated rings. The molecule has 9 nitrogen and oxygen atoms in total. The van der Waals surface area contributed by atoms with Crippen LogP contribution in [0.3, 0.4) is 0 Å². The summed E-state index contributed by atoms with van der Waals surface area (Å²) in [6.45, 7) is 2.58. The Balaban J connectivity index is 1.25. The zero-order valence-electron chi connectivity index (χ0n) is 19.5. The van der Waals surface area contributed by atoms with Gasteiger partial charge in [0.2, 0.25) is 0 Å². The van der Waals surface area contributed by atoms with E-state index in [0.29, 0.717) is 58.6 Å². The average molecular weight is 523 g/mol. The molecule has 1 N–H and O–H groups in total. The van der Waals surface area contributed by atoms with Crippen molar-refractivity contribution in [2.75, 3.05) is 11.5 Å². The minimum absolute atomic E-state index is 0.250. The molecule has 0 spiro atoms. The molecule has 11 heteroatoms. The molecule has 3 aromatic heterocycles. The molecule has 0 atom stereocenters. The number of nitrogens with one attached hydrogen (secondary N) is 1. The van der Waals surface area contributed by atoms with Gasteiger partial charge in [0.25, 0.3) is 0 Å². The number of fused-ring (bicyclic) bond motifs is 2. The van der Waals surface area contributed by atoms with Crippen LogP contribution in [0.4, 0.5) is 0 Å². The summed E-state index contributed by atoms with van der Waals surface area (Å²) in [7, 11) is -2.88. The Bertz CT molecular complexity index is 1700. The third-order valence-corrected chi connectivity index (χ3v) is 8.55. The van der Waals surface area contributed by atoms with Gasteiger partial charge in [0.15, 0.2) is 0 Å². The number of aromatic nitrogens is 6. The Kier molecular flexibility index (Phi) is 5.65.